The Bertz CT molecular complexity index is 3840. The van der Waals surface area contributed by atoms with Crippen molar-refractivity contribution in [1.82, 2.24) is 0 Å². The van der Waals surface area contributed by atoms with E-state index < -0.39 is 0 Å². The topological polar surface area (TPSA) is 32.8 Å². The highest BCUT2D eigenvalue weighted by Gasteiger charge is 2.37. The van der Waals surface area contributed by atoms with E-state index in [-0.39, 0.29) is 5.41 Å². The number of furan rings is 2. The van der Waals surface area contributed by atoms with Crippen molar-refractivity contribution in [2.45, 2.75) is 60.8 Å². The van der Waals surface area contributed by atoms with Gasteiger partial charge in [-0.1, -0.05) is 98.8 Å². The summed E-state index contributed by atoms with van der Waals surface area (Å²) in [6.07, 6.45) is 0. The van der Waals surface area contributed by atoms with Crippen molar-refractivity contribution >= 4 is 78.0 Å². The Morgan fingerprint density at radius 2 is 0.630 bits per heavy atom. The number of hydrogen-bond acceptors (Lipinski definition) is 4. The van der Waals surface area contributed by atoms with Crippen molar-refractivity contribution < 1.29 is 8.83 Å². The zero-order valence-electron chi connectivity index (χ0n) is 42.7. The highest BCUT2D eigenvalue weighted by atomic mass is 16.3. The van der Waals surface area contributed by atoms with Crippen molar-refractivity contribution in [3.05, 3.63) is 239 Å². The fraction of sp³-hybridized carbons (Fsp3) is 0.130. The van der Waals surface area contributed by atoms with Gasteiger partial charge in [-0.15, -0.1) is 0 Å². The van der Waals surface area contributed by atoms with Crippen molar-refractivity contribution in [3.8, 4) is 33.4 Å². The molecule has 73 heavy (non-hydrogen) atoms. The molecule has 0 radical (unpaired) electrons. The molecule has 0 saturated heterocycles. The van der Waals surface area contributed by atoms with Crippen LogP contribution in [0.4, 0.5) is 34.1 Å². The number of nitrogens with zero attached hydrogens (tertiary/aromatic N) is 2. The molecule has 0 unspecified atom stereocenters. The van der Waals surface area contributed by atoms with Crippen LogP contribution in [0, 0.1) is 41.5 Å². The summed E-state index contributed by atoms with van der Waals surface area (Å²) in [6, 6.07) is 70.8. The minimum absolute atomic E-state index is 0.256. The van der Waals surface area contributed by atoms with Crippen molar-refractivity contribution in [2.24, 2.45) is 0 Å². The first-order valence-electron chi connectivity index (χ1n) is 25.5. The molecule has 0 saturated carbocycles. The summed E-state index contributed by atoms with van der Waals surface area (Å²) < 4.78 is 13.8. The van der Waals surface area contributed by atoms with E-state index >= 15 is 0 Å². The highest BCUT2D eigenvalue weighted by molar-refractivity contribution is 6.11. The van der Waals surface area contributed by atoms with E-state index in [1.165, 1.54) is 77.9 Å². The summed E-state index contributed by atoms with van der Waals surface area (Å²) in [6.45, 7) is 17.9. The number of anilines is 6. The Hall–Kier alpha value is -8.60. The van der Waals surface area contributed by atoms with Gasteiger partial charge in [0, 0.05) is 73.2 Å². The van der Waals surface area contributed by atoms with Crippen LogP contribution in [0.2, 0.25) is 0 Å². The van der Waals surface area contributed by atoms with Gasteiger partial charge in [0.15, 0.2) is 0 Å². The molecule has 0 atom stereocenters. The first-order valence-corrected chi connectivity index (χ1v) is 25.5. The van der Waals surface area contributed by atoms with Gasteiger partial charge in [0.25, 0.3) is 0 Å². The van der Waals surface area contributed by atoms with Crippen LogP contribution in [0.1, 0.15) is 58.4 Å². The molecule has 0 amide bonds. The standard InChI is InChI=1S/C69H56N2O2/c1-41-31-55(32-42(2)45(41)5)70(51-23-19-49(20-24-51)47-15-11-9-12-16-47)53-27-29-57-61-37-63-59(39-67(61)72-65(57)35-53)60-40-68-62(38-64(60)69(63,7)8)58-30-28-54(36-66(58)73-68)71(56-33-43(3)46(6)44(4)34-56)52-25-21-50(22-26-52)48-17-13-10-14-18-48/h9-40H,1-8H3. The van der Waals surface area contributed by atoms with E-state index in [0.717, 1.165) is 78.0 Å². The predicted molar refractivity (Wildman–Crippen MR) is 307 cm³/mol. The molecule has 4 nitrogen and oxygen atoms in total. The molecule has 2 heterocycles. The maximum Gasteiger partial charge on any atom is 0.137 e. The fourth-order valence-electron chi connectivity index (χ4n) is 11.6. The van der Waals surface area contributed by atoms with E-state index in [4.69, 9.17) is 8.83 Å². The summed E-state index contributed by atoms with van der Waals surface area (Å²) in [5, 5.41) is 4.47. The van der Waals surface area contributed by atoms with Crippen LogP contribution in [-0.2, 0) is 5.41 Å². The first-order chi connectivity index (χ1) is 35.4. The van der Waals surface area contributed by atoms with Gasteiger partial charge >= 0.3 is 0 Å². The molecule has 4 heteroatoms. The van der Waals surface area contributed by atoms with Gasteiger partial charge in [-0.25, -0.2) is 0 Å². The van der Waals surface area contributed by atoms with Gasteiger partial charge in [0.05, 0.1) is 0 Å². The Labute approximate surface area is 427 Å². The Balaban J connectivity index is 0.891. The van der Waals surface area contributed by atoms with E-state index in [1.54, 1.807) is 0 Å². The quantitative estimate of drug-likeness (QED) is 0.152. The lowest BCUT2D eigenvalue weighted by molar-refractivity contribution is 0.656. The Morgan fingerprint density at radius 1 is 0.301 bits per heavy atom. The molecule has 1 aliphatic rings. The highest BCUT2D eigenvalue weighted by Crippen LogP contribution is 2.53. The van der Waals surface area contributed by atoms with Crippen LogP contribution in [0.25, 0.3) is 77.3 Å². The SMILES string of the molecule is Cc1cc(N(c2ccc(-c3ccccc3)cc2)c2ccc3c(c2)oc2cc4c(cc23)C(C)(C)c2cc3c(cc2-4)oc2cc(N(c4ccc(-c5ccccc5)cc4)c4cc(C)c(C)c(C)c4)ccc23)cc(C)c1C. The number of benzene rings is 10. The van der Waals surface area contributed by atoms with E-state index in [0.29, 0.717) is 0 Å². The van der Waals surface area contributed by atoms with E-state index in [9.17, 15) is 0 Å². The van der Waals surface area contributed by atoms with E-state index in [1.807, 2.05) is 0 Å². The molecule has 0 bridgehead atoms. The average Bonchev–Trinajstić information content (AvgIpc) is 4.02. The third kappa shape index (κ3) is 7.26. The summed E-state index contributed by atoms with van der Waals surface area (Å²) >= 11 is 0. The maximum absolute atomic E-state index is 6.91. The van der Waals surface area contributed by atoms with Crippen LogP contribution in [0.5, 0.6) is 0 Å². The van der Waals surface area contributed by atoms with Gasteiger partial charge in [0.1, 0.15) is 22.3 Å². The van der Waals surface area contributed by atoms with Crippen molar-refractivity contribution in [3.63, 3.8) is 0 Å². The molecule has 12 aromatic rings. The molecular weight excluding hydrogens is 889 g/mol. The van der Waals surface area contributed by atoms with Crippen LogP contribution in [0.15, 0.2) is 203 Å². The third-order valence-electron chi connectivity index (χ3n) is 16.1. The Morgan fingerprint density at radius 3 is 1.00 bits per heavy atom. The zero-order chi connectivity index (χ0) is 49.9. The second-order valence-electron chi connectivity index (χ2n) is 20.9. The Kier molecular flexibility index (Phi) is 10.2. The molecule has 13 rings (SSSR count). The number of aryl methyl sites for hydroxylation is 4. The van der Waals surface area contributed by atoms with Gasteiger partial charge in [-0.05, 0) is 216 Å². The van der Waals surface area contributed by atoms with Gasteiger partial charge in [-0.2, -0.15) is 0 Å². The third-order valence-corrected chi connectivity index (χ3v) is 16.1. The van der Waals surface area contributed by atoms with Crippen LogP contribution in [-0.4, -0.2) is 0 Å². The lowest BCUT2D eigenvalue weighted by Gasteiger charge is -2.27. The molecule has 2 aromatic heterocycles. The first kappa shape index (κ1) is 44.3. The van der Waals surface area contributed by atoms with Gasteiger partial charge < -0.3 is 18.6 Å². The van der Waals surface area contributed by atoms with Crippen LogP contribution in [0.3, 0.4) is 0 Å². The van der Waals surface area contributed by atoms with Gasteiger partial charge in [-0.3, -0.25) is 0 Å². The molecule has 1 aliphatic carbocycles. The maximum atomic E-state index is 6.91. The summed E-state index contributed by atoms with van der Waals surface area (Å²) in [4.78, 5) is 4.71. The smallest absolute Gasteiger partial charge is 0.137 e. The molecule has 10 aromatic carbocycles. The van der Waals surface area contributed by atoms with Gasteiger partial charge in [0.2, 0.25) is 0 Å². The zero-order valence-corrected chi connectivity index (χ0v) is 42.7. The van der Waals surface area contributed by atoms with Crippen molar-refractivity contribution in [2.75, 3.05) is 9.80 Å². The number of fused-ring (bicyclic) bond motifs is 9. The second kappa shape index (κ2) is 16.8. The lowest BCUT2D eigenvalue weighted by atomic mass is 9.81. The fourth-order valence-corrected chi connectivity index (χ4v) is 11.6. The minimum Gasteiger partial charge on any atom is -0.456 e. The summed E-state index contributed by atoms with van der Waals surface area (Å²) in [5.41, 5.74) is 27.2. The monoisotopic (exact) mass is 944 g/mol. The second-order valence-corrected chi connectivity index (χ2v) is 20.9. The predicted octanol–water partition coefficient (Wildman–Crippen LogP) is 19.9. The van der Waals surface area contributed by atoms with E-state index in [2.05, 4.69) is 259 Å². The molecule has 0 N–H and O–H groups in total. The largest absolute Gasteiger partial charge is 0.456 e. The normalized spacial score (nSPS) is 12.8. The van der Waals surface area contributed by atoms with Crippen LogP contribution < -0.4 is 9.80 Å². The molecule has 0 aliphatic heterocycles. The van der Waals surface area contributed by atoms with Crippen LogP contribution >= 0.6 is 0 Å². The summed E-state index contributed by atoms with van der Waals surface area (Å²) in [7, 11) is 0. The molecule has 354 valence electrons. The average molecular weight is 945 g/mol. The number of rotatable bonds is 8. The minimum atomic E-state index is -0.256. The lowest BCUT2D eigenvalue weighted by Crippen LogP contribution is -2.14. The van der Waals surface area contributed by atoms with Crippen molar-refractivity contribution in [1.29, 1.82) is 0 Å². The molecule has 0 fully saturated rings. The summed E-state index contributed by atoms with van der Waals surface area (Å²) in [5.74, 6) is 0. The number of hydrogen-bond donors (Lipinski definition) is 0. The molecule has 0 spiro atoms. The molecular formula is C69H56N2O2.